The van der Waals surface area contributed by atoms with Crippen LogP contribution < -0.4 is 10.6 Å². The van der Waals surface area contributed by atoms with Crippen molar-refractivity contribution in [2.45, 2.75) is 19.4 Å². The van der Waals surface area contributed by atoms with Gasteiger partial charge >= 0.3 is 6.09 Å². The standard InChI is InChI=1S/C21H27Cl2N5O5/c1-2-33-21(32)27-7-5-26(6-8-27)13-19(30)28-4-3-24-20(31)17(28)12-18(29)25-16-10-14(22)9-15(23)11-16/h9-11,17H,2-8,12-13H2,1H3,(H,24,31)(H,25,29)/t17-/m1/s1. The van der Waals surface area contributed by atoms with Crippen LogP contribution in [0.2, 0.25) is 10.0 Å². The van der Waals surface area contributed by atoms with Crippen molar-refractivity contribution in [2.75, 3.05) is 57.7 Å². The summed E-state index contributed by atoms with van der Waals surface area (Å²) in [4.78, 5) is 54.9. The first kappa shape index (κ1) is 25.1. The molecule has 2 saturated heterocycles. The maximum atomic E-state index is 13.0. The number of piperazine rings is 2. The van der Waals surface area contributed by atoms with Crippen molar-refractivity contribution in [3.8, 4) is 0 Å². The largest absolute Gasteiger partial charge is 0.450 e. The van der Waals surface area contributed by atoms with Gasteiger partial charge in [0.15, 0.2) is 0 Å². The molecule has 4 amide bonds. The quantitative estimate of drug-likeness (QED) is 0.612. The Morgan fingerprint density at radius 2 is 1.76 bits per heavy atom. The number of ether oxygens (including phenoxy) is 1. The van der Waals surface area contributed by atoms with Crippen LogP contribution in [0.4, 0.5) is 10.5 Å². The summed E-state index contributed by atoms with van der Waals surface area (Å²) in [7, 11) is 0. The summed E-state index contributed by atoms with van der Waals surface area (Å²) in [5, 5.41) is 6.12. The Balaban J connectivity index is 1.57. The number of benzene rings is 1. The second-order valence-corrected chi connectivity index (χ2v) is 8.64. The molecule has 10 nitrogen and oxygen atoms in total. The number of amides is 4. The van der Waals surface area contributed by atoms with Gasteiger partial charge in [-0.05, 0) is 25.1 Å². The van der Waals surface area contributed by atoms with Crippen LogP contribution in [-0.4, -0.2) is 97.0 Å². The summed E-state index contributed by atoms with van der Waals surface area (Å²) in [5.41, 5.74) is 0.408. The lowest BCUT2D eigenvalue weighted by atomic mass is 10.1. The molecule has 0 aromatic heterocycles. The van der Waals surface area contributed by atoms with Crippen molar-refractivity contribution >= 4 is 52.7 Å². The number of rotatable bonds is 6. The van der Waals surface area contributed by atoms with Crippen LogP contribution in [0.1, 0.15) is 13.3 Å². The van der Waals surface area contributed by atoms with Crippen LogP contribution in [0.3, 0.4) is 0 Å². The molecule has 0 spiro atoms. The first-order chi connectivity index (χ1) is 15.8. The van der Waals surface area contributed by atoms with E-state index in [1.165, 1.54) is 4.90 Å². The lowest BCUT2D eigenvalue weighted by Gasteiger charge is -2.38. The molecule has 2 N–H and O–H groups in total. The normalized spacial score (nSPS) is 19.1. The van der Waals surface area contributed by atoms with Gasteiger partial charge in [0.05, 0.1) is 19.6 Å². The molecule has 2 aliphatic heterocycles. The molecule has 33 heavy (non-hydrogen) atoms. The second-order valence-electron chi connectivity index (χ2n) is 7.77. The van der Waals surface area contributed by atoms with Crippen LogP contribution >= 0.6 is 23.2 Å². The Hall–Kier alpha value is -2.56. The topological polar surface area (TPSA) is 111 Å². The molecule has 0 unspecified atom stereocenters. The van der Waals surface area contributed by atoms with Gasteiger partial charge in [0.1, 0.15) is 6.04 Å². The molecule has 2 heterocycles. The van der Waals surface area contributed by atoms with E-state index in [1.807, 2.05) is 4.90 Å². The SMILES string of the molecule is CCOC(=O)N1CCN(CC(=O)N2CCNC(=O)[C@H]2CC(=O)Nc2cc(Cl)cc(Cl)c2)CC1. The third kappa shape index (κ3) is 6.96. The molecule has 2 fully saturated rings. The molecule has 3 rings (SSSR count). The maximum Gasteiger partial charge on any atom is 0.409 e. The van der Waals surface area contributed by atoms with E-state index in [0.29, 0.717) is 61.6 Å². The number of hydrogen-bond donors (Lipinski definition) is 2. The summed E-state index contributed by atoms with van der Waals surface area (Å²) >= 11 is 11.9. The van der Waals surface area contributed by atoms with Gasteiger partial charge in [-0.3, -0.25) is 19.3 Å². The van der Waals surface area contributed by atoms with Crippen LogP contribution in [0.15, 0.2) is 18.2 Å². The first-order valence-electron chi connectivity index (χ1n) is 10.7. The van der Waals surface area contributed by atoms with E-state index in [-0.39, 0.29) is 30.9 Å². The summed E-state index contributed by atoms with van der Waals surface area (Å²) in [6.07, 6.45) is -0.554. The zero-order valence-electron chi connectivity index (χ0n) is 18.3. The molecule has 0 saturated carbocycles. The minimum atomic E-state index is -0.915. The first-order valence-corrected chi connectivity index (χ1v) is 11.5. The Morgan fingerprint density at radius 1 is 1.09 bits per heavy atom. The van der Waals surface area contributed by atoms with Crippen molar-refractivity contribution in [2.24, 2.45) is 0 Å². The highest BCUT2D eigenvalue weighted by Gasteiger charge is 2.35. The third-order valence-electron chi connectivity index (χ3n) is 5.43. The van der Waals surface area contributed by atoms with E-state index < -0.39 is 11.9 Å². The van der Waals surface area contributed by atoms with Crippen LogP contribution in [0, 0.1) is 0 Å². The molecular weight excluding hydrogens is 473 g/mol. The molecule has 1 aromatic rings. The van der Waals surface area contributed by atoms with E-state index in [4.69, 9.17) is 27.9 Å². The molecule has 0 radical (unpaired) electrons. The van der Waals surface area contributed by atoms with E-state index in [0.717, 1.165) is 0 Å². The van der Waals surface area contributed by atoms with Gasteiger partial charge in [-0.25, -0.2) is 4.79 Å². The number of halogens is 2. The van der Waals surface area contributed by atoms with E-state index in [9.17, 15) is 19.2 Å². The molecule has 180 valence electrons. The predicted molar refractivity (Wildman–Crippen MR) is 123 cm³/mol. The lowest BCUT2D eigenvalue weighted by molar-refractivity contribution is -0.145. The zero-order valence-corrected chi connectivity index (χ0v) is 19.8. The van der Waals surface area contributed by atoms with Crippen LogP contribution in [0.25, 0.3) is 0 Å². The van der Waals surface area contributed by atoms with Gasteiger partial charge < -0.3 is 25.2 Å². The number of hydrogen-bond acceptors (Lipinski definition) is 6. The molecule has 1 atom stereocenters. The molecule has 0 aliphatic carbocycles. The number of carbonyl (C=O) groups excluding carboxylic acids is 4. The van der Waals surface area contributed by atoms with Crippen molar-refractivity contribution in [1.29, 1.82) is 0 Å². The predicted octanol–water partition coefficient (Wildman–Crippen LogP) is 1.42. The van der Waals surface area contributed by atoms with E-state index in [2.05, 4.69) is 10.6 Å². The van der Waals surface area contributed by atoms with Gasteiger partial charge in [0.2, 0.25) is 17.7 Å². The Morgan fingerprint density at radius 3 is 2.39 bits per heavy atom. The Bertz CT molecular complexity index is 887. The lowest BCUT2D eigenvalue weighted by Crippen LogP contribution is -2.60. The summed E-state index contributed by atoms with van der Waals surface area (Å²) < 4.78 is 5.01. The minimum absolute atomic E-state index is 0.103. The van der Waals surface area contributed by atoms with Crippen LogP contribution in [-0.2, 0) is 19.1 Å². The zero-order chi connectivity index (χ0) is 24.0. The number of nitrogens with zero attached hydrogens (tertiary/aromatic N) is 3. The van der Waals surface area contributed by atoms with Gasteiger partial charge in [-0.1, -0.05) is 23.2 Å². The molecule has 1 aromatic carbocycles. The summed E-state index contributed by atoms with van der Waals surface area (Å²) in [6.45, 7) is 4.76. The van der Waals surface area contributed by atoms with Crippen molar-refractivity contribution < 1.29 is 23.9 Å². The van der Waals surface area contributed by atoms with E-state index >= 15 is 0 Å². The fourth-order valence-electron chi connectivity index (χ4n) is 3.82. The summed E-state index contributed by atoms with van der Waals surface area (Å²) in [6, 6.07) is 3.72. The molecule has 12 heteroatoms. The number of anilines is 1. The second kappa shape index (κ2) is 11.5. The van der Waals surface area contributed by atoms with Crippen molar-refractivity contribution in [1.82, 2.24) is 20.0 Å². The highest BCUT2D eigenvalue weighted by atomic mass is 35.5. The molecule has 0 bridgehead atoms. The fourth-order valence-corrected chi connectivity index (χ4v) is 4.34. The van der Waals surface area contributed by atoms with Gasteiger partial charge in [0.25, 0.3) is 0 Å². The number of carbonyl (C=O) groups is 4. The van der Waals surface area contributed by atoms with Crippen molar-refractivity contribution in [3.05, 3.63) is 28.2 Å². The Labute approximate surface area is 202 Å². The third-order valence-corrected chi connectivity index (χ3v) is 5.87. The smallest absolute Gasteiger partial charge is 0.409 e. The minimum Gasteiger partial charge on any atom is -0.450 e. The summed E-state index contributed by atoms with van der Waals surface area (Å²) in [5.74, 6) is -1.05. The molecule has 2 aliphatic rings. The van der Waals surface area contributed by atoms with Crippen LogP contribution in [0.5, 0.6) is 0 Å². The van der Waals surface area contributed by atoms with Gasteiger partial charge in [-0.2, -0.15) is 0 Å². The Kier molecular flexibility index (Phi) is 8.76. The van der Waals surface area contributed by atoms with E-state index in [1.54, 1.807) is 30.0 Å². The monoisotopic (exact) mass is 499 g/mol. The highest BCUT2D eigenvalue weighted by Crippen LogP contribution is 2.23. The maximum absolute atomic E-state index is 13.0. The van der Waals surface area contributed by atoms with Gasteiger partial charge in [0, 0.05) is 55.0 Å². The average Bonchev–Trinajstić information content (AvgIpc) is 2.75. The molecular formula is C21H27Cl2N5O5. The van der Waals surface area contributed by atoms with Crippen molar-refractivity contribution in [3.63, 3.8) is 0 Å². The average molecular weight is 500 g/mol. The number of nitrogens with one attached hydrogen (secondary N) is 2. The fraction of sp³-hybridized carbons (Fsp3) is 0.524. The van der Waals surface area contributed by atoms with Gasteiger partial charge in [-0.15, -0.1) is 0 Å². The highest BCUT2D eigenvalue weighted by molar-refractivity contribution is 6.35.